The summed E-state index contributed by atoms with van der Waals surface area (Å²) in [5.41, 5.74) is 0.330. The van der Waals surface area contributed by atoms with Crippen LogP contribution in [-0.4, -0.2) is 54.0 Å². The van der Waals surface area contributed by atoms with Crippen LogP contribution in [0, 0.1) is 0 Å². The van der Waals surface area contributed by atoms with Gasteiger partial charge >= 0.3 is 6.18 Å². The van der Waals surface area contributed by atoms with E-state index in [-0.39, 0.29) is 34.5 Å². The Kier molecular flexibility index (Phi) is 6.84. The summed E-state index contributed by atoms with van der Waals surface area (Å²) >= 11 is 0. The Labute approximate surface area is 197 Å². The third-order valence-electron chi connectivity index (χ3n) is 4.65. The van der Waals surface area contributed by atoms with Crippen LogP contribution >= 0.6 is 0 Å². The van der Waals surface area contributed by atoms with Crippen molar-refractivity contribution in [1.82, 2.24) is 19.9 Å². The number of ether oxygens (including phenoxy) is 2. The minimum Gasteiger partial charge on any atom is -0.457 e. The van der Waals surface area contributed by atoms with Gasteiger partial charge in [-0.25, -0.2) is 23.4 Å². The molecule has 0 fully saturated rings. The molecule has 3 heterocycles. The van der Waals surface area contributed by atoms with Crippen molar-refractivity contribution in [3.05, 3.63) is 60.9 Å². The van der Waals surface area contributed by atoms with Crippen LogP contribution in [0.1, 0.15) is 11.7 Å². The van der Waals surface area contributed by atoms with Gasteiger partial charge in [-0.05, 0) is 18.2 Å². The summed E-state index contributed by atoms with van der Waals surface area (Å²) < 4.78 is 84.5. The molecule has 1 atom stereocenters. The smallest absolute Gasteiger partial charge is 0.429 e. The molecular weight excluding hydrogens is 491 g/mol. The Morgan fingerprint density at radius 1 is 1.09 bits per heavy atom. The lowest BCUT2D eigenvalue weighted by Crippen LogP contribution is -2.28. The number of halogens is 3. The number of anilines is 1. The van der Waals surface area contributed by atoms with E-state index in [0.717, 1.165) is 12.6 Å². The molecular formula is C21H18F3N5O5S. The van der Waals surface area contributed by atoms with E-state index >= 15 is 0 Å². The van der Waals surface area contributed by atoms with E-state index in [4.69, 9.17) is 13.9 Å². The van der Waals surface area contributed by atoms with Gasteiger partial charge < -0.3 is 13.9 Å². The number of benzene rings is 1. The molecule has 10 nitrogen and oxygen atoms in total. The average molecular weight is 509 g/mol. The lowest BCUT2D eigenvalue weighted by atomic mass is 10.1. The molecule has 0 aliphatic rings. The van der Waals surface area contributed by atoms with Crippen LogP contribution in [0.2, 0.25) is 0 Å². The maximum Gasteiger partial charge on any atom is 0.429 e. The zero-order valence-electron chi connectivity index (χ0n) is 18.1. The maximum atomic E-state index is 14.1. The summed E-state index contributed by atoms with van der Waals surface area (Å²) in [6.07, 6.45) is -2.72. The predicted molar refractivity (Wildman–Crippen MR) is 118 cm³/mol. The molecule has 0 aliphatic heterocycles. The summed E-state index contributed by atoms with van der Waals surface area (Å²) in [4.78, 5) is 15.8. The molecule has 4 rings (SSSR count). The molecule has 0 amide bonds. The Hall–Kier alpha value is -3.78. The highest BCUT2D eigenvalue weighted by atomic mass is 32.2. The van der Waals surface area contributed by atoms with Crippen molar-refractivity contribution < 1.29 is 35.5 Å². The van der Waals surface area contributed by atoms with E-state index < -0.39 is 39.8 Å². The molecule has 0 radical (unpaired) electrons. The first-order valence-corrected chi connectivity index (χ1v) is 11.6. The van der Waals surface area contributed by atoms with Gasteiger partial charge in [-0.3, -0.25) is 9.71 Å². The number of sulfonamides is 1. The first kappa shape index (κ1) is 24.3. The van der Waals surface area contributed by atoms with E-state index in [2.05, 4.69) is 24.7 Å². The number of nitrogens with zero attached hydrogens (tertiary/aromatic N) is 4. The van der Waals surface area contributed by atoms with Crippen molar-refractivity contribution in [3.63, 3.8) is 0 Å². The summed E-state index contributed by atoms with van der Waals surface area (Å²) in [6, 6.07) is 7.45. The highest BCUT2D eigenvalue weighted by Gasteiger charge is 2.44. The van der Waals surface area contributed by atoms with Crippen LogP contribution in [0.5, 0.6) is 5.88 Å². The van der Waals surface area contributed by atoms with E-state index in [1.54, 1.807) is 12.1 Å². The van der Waals surface area contributed by atoms with E-state index in [9.17, 15) is 21.6 Å². The van der Waals surface area contributed by atoms with Crippen molar-refractivity contribution in [3.8, 4) is 17.2 Å². The van der Waals surface area contributed by atoms with Crippen LogP contribution < -0.4 is 9.46 Å². The highest BCUT2D eigenvalue weighted by molar-refractivity contribution is 7.92. The number of oxazole rings is 1. The number of aromatic nitrogens is 4. The fourth-order valence-electron chi connectivity index (χ4n) is 3.05. The Balaban J connectivity index is 1.77. The SMILES string of the molecule is COCCS(=O)(=O)Nc1nc2ccccc2nc1O[C@@H](c1cncc(-c2cnco2)c1)C(F)(F)F. The fraction of sp³-hybridized carbons (Fsp3) is 0.238. The van der Waals surface area contributed by atoms with Gasteiger partial charge in [0.15, 0.2) is 12.2 Å². The first-order valence-electron chi connectivity index (χ1n) is 9.99. The molecule has 4 aromatic rings. The largest absolute Gasteiger partial charge is 0.457 e. The van der Waals surface area contributed by atoms with Crippen molar-refractivity contribution in [1.29, 1.82) is 0 Å². The van der Waals surface area contributed by atoms with Crippen molar-refractivity contribution >= 4 is 26.9 Å². The molecule has 0 unspecified atom stereocenters. The van der Waals surface area contributed by atoms with Gasteiger partial charge in [0, 0.05) is 30.6 Å². The van der Waals surface area contributed by atoms with Crippen molar-refractivity contribution in [2.24, 2.45) is 0 Å². The summed E-state index contributed by atoms with van der Waals surface area (Å²) in [6.45, 7) is -0.141. The molecule has 0 aliphatic carbocycles. The average Bonchev–Trinajstić information content (AvgIpc) is 3.35. The fourth-order valence-corrected chi connectivity index (χ4v) is 3.97. The topological polar surface area (TPSA) is 129 Å². The molecule has 1 aromatic carbocycles. The quantitative estimate of drug-likeness (QED) is 0.359. The van der Waals surface area contributed by atoms with Crippen LogP contribution in [0.25, 0.3) is 22.4 Å². The zero-order valence-corrected chi connectivity index (χ0v) is 18.9. The summed E-state index contributed by atoms with van der Waals surface area (Å²) in [5, 5.41) is 0. The van der Waals surface area contributed by atoms with Gasteiger partial charge in [-0.2, -0.15) is 13.2 Å². The molecule has 14 heteroatoms. The Morgan fingerprint density at radius 2 is 1.83 bits per heavy atom. The lowest BCUT2D eigenvalue weighted by molar-refractivity contribution is -0.198. The van der Waals surface area contributed by atoms with E-state index in [1.165, 1.54) is 37.7 Å². The van der Waals surface area contributed by atoms with Gasteiger partial charge in [0.05, 0.1) is 29.6 Å². The number of rotatable bonds is 9. The molecule has 0 spiro atoms. The number of hydrogen-bond donors (Lipinski definition) is 1. The predicted octanol–water partition coefficient (Wildman–Crippen LogP) is 3.75. The third kappa shape index (κ3) is 5.84. The third-order valence-corrected chi connectivity index (χ3v) is 5.86. The standard InChI is InChI=1S/C21H18F3N5O5S/c1-32-6-7-35(30,31)29-19-20(28-16-5-3-2-4-15(16)27-19)34-18(21(22,23)24)14-8-13(9-25-10-14)17-11-26-12-33-17/h2-5,8-12,18H,6-7H2,1H3,(H,27,29)/t18-/m0/s1. The molecule has 3 aromatic heterocycles. The van der Waals surface area contributed by atoms with Crippen LogP contribution in [0.3, 0.4) is 0 Å². The van der Waals surface area contributed by atoms with E-state index in [1.807, 2.05) is 0 Å². The summed E-state index contributed by atoms with van der Waals surface area (Å²) in [7, 11) is -2.72. The van der Waals surface area contributed by atoms with Gasteiger partial charge in [-0.1, -0.05) is 12.1 Å². The van der Waals surface area contributed by atoms with E-state index in [0.29, 0.717) is 0 Å². The second-order valence-electron chi connectivity index (χ2n) is 7.19. The number of fused-ring (bicyclic) bond motifs is 1. The molecule has 0 saturated carbocycles. The van der Waals surface area contributed by atoms with Gasteiger partial charge in [0.2, 0.25) is 21.9 Å². The van der Waals surface area contributed by atoms with Crippen molar-refractivity contribution in [2.45, 2.75) is 12.3 Å². The van der Waals surface area contributed by atoms with Crippen LogP contribution in [-0.2, 0) is 14.8 Å². The number of hydrogen-bond acceptors (Lipinski definition) is 9. The number of para-hydroxylation sites is 2. The van der Waals surface area contributed by atoms with Crippen LogP contribution in [0.15, 0.2) is 59.7 Å². The van der Waals surface area contributed by atoms with Gasteiger partial charge in [0.1, 0.15) is 0 Å². The van der Waals surface area contributed by atoms with Crippen LogP contribution in [0.4, 0.5) is 19.0 Å². The molecule has 1 N–H and O–H groups in total. The number of nitrogens with one attached hydrogen (secondary N) is 1. The molecule has 0 saturated heterocycles. The Bertz CT molecular complexity index is 1410. The minimum absolute atomic E-state index is 0.141. The monoisotopic (exact) mass is 509 g/mol. The lowest BCUT2D eigenvalue weighted by Gasteiger charge is -2.23. The second-order valence-corrected chi connectivity index (χ2v) is 9.03. The highest BCUT2D eigenvalue weighted by Crippen LogP contribution is 2.39. The number of pyridine rings is 1. The molecule has 184 valence electrons. The van der Waals surface area contributed by atoms with Gasteiger partial charge in [-0.15, -0.1) is 0 Å². The first-order chi connectivity index (χ1) is 16.7. The minimum atomic E-state index is -4.92. The second kappa shape index (κ2) is 9.84. The van der Waals surface area contributed by atoms with Crippen molar-refractivity contribution in [2.75, 3.05) is 24.2 Å². The summed E-state index contributed by atoms with van der Waals surface area (Å²) in [5.74, 6) is -1.40. The number of alkyl halides is 3. The Morgan fingerprint density at radius 3 is 2.49 bits per heavy atom. The molecule has 0 bridgehead atoms. The zero-order chi connectivity index (χ0) is 25.1. The van der Waals surface area contributed by atoms with Gasteiger partial charge in [0.25, 0.3) is 5.88 Å². The molecule has 35 heavy (non-hydrogen) atoms. The maximum absolute atomic E-state index is 14.1. The normalized spacial score (nSPS) is 13.0. The number of methoxy groups -OCH3 is 1.